The third-order valence-electron chi connectivity index (χ3n) is 3.03. The Hall–Kier alpha value is -2.50. The van der Waals surface area contributed by atoms with Crippen molar-refractivity contribution in [2.24, 2.45) is 0 Å². The van der Waals surface area contributed by atoms with Gasteiger partial charge in [-0.15, -0.1) is 0 Å². The number of hydrogen-bond donors (Lipinski definition) is 1. The molecule has 0 radical (unpaired) electrons. The van der Waals surface area contributed by atoms with Gasteiger partial charge in [0.25, 0.3) is 11.8 Å². The van der Waals surface area contributed by atoms with Gasteiger partial charge in [-0.1, -0.05) is 6.07 Å². The number of carbonyl (C=O) groups excluding carboxylic acids is 4. The van der Waals surface area contributed by atoms with Crippen LogP contribution in [0.5, 0.6) is 0 Å². The van der Waals surface area contributed by atoms with Gasteiger partial charge in [0.1, 0.15) is 0 Å². The van der Waals surface area contributed by atoms with Crippen LogP contribution in [0, 0.1) is 0 Å². The van der Waals surface area contributed by atoms with Crippen molar-refractivity contribution in [2.45, 2.75) is 12.8 Å². The van der Waals surface area contributed by atoms with Crippen molar-refractivity contribution in [3.63, 3.8) is 0 Å². The zero-order valence-corrected chi connectivity index (χ0v) is 9.23. The molecular formula is C12H8N2O4. The molecule has 6 nitrogen and oxygen atoms in total. The third kappa shape index (κ3) is 1.29. The van der Waals surface area contributed by atoms with E-state index >= 15 is 0 Å². The molecule has 0 unspecified atom stereocenters. The molecule has 6 heteroatoms. The predicted molar refractivity (Wildman–Crippen MR) is 60.0 cm³/mol. The molecule has 2 aliphatic rings. The van der Waals surface area contributed by atoms with Gasteiger partial charge in [-0.3, -0.25) is 24.5 Å². The highest BCUT2D eigenvalue weighted by atomic mass is 16.2. The molecule has 2 heterocycles. The van der Waals surface area contributed by atoms with Gasteiger partial charge in [0.05, 0.1) is 16.8 Å². The zero-order valence-electron chi connectivity index (χ0n) is 9.23. The number of rotatable bonds is 1. The lowest BCUT2D eigenvalue weighted by molar-refractivity contribution is -0.121. The Labute approximate surface area is 102 Å². The summed E-state index contributed by atoms with van der Waals surface area (Å²) in [6, 6.07) is 4.54. The van der Waals surface area contributed by atoms with Gasteiger partial charge in [-0.25, -0.2) is 4.90 Å². The number of carbonyl (C=O) groups is 4. The molecule has 1 aromatic carbocycles. The predicted octanol–water partition coefficient (Wildman–Crippen LogP) is 0.224. The Morgan fingerprint density at radius 2 is 1.61 bits per heavy atom. The van der Waals surface area contributed by atoms with E-state index in [0.717, 1.165) is 4.90 Å². The molecule has 0 aromatic heterocycles. The highest BCUT2D eigenvalue weighted by molar-refractivity contribution is 6.28. The van der Waals surface area contributed by atoms with Gasteiger partial charge < -0.3 is 0 Å². The Balaban J connectivity index is 2.20. The summed E-state index contributed by atoms with van der Waals surface area (Å²) in [5, 5.41) is 2.15. The molecule has 2 aliphatic heterocycles. The fraction of sp³-hybridized carbons (Fsp3) is 0.167. The summed E-state index contributed by atoms with van der Waals surface area (Å²) in [5.74, 6) is -1.77. The minimum absolute atomic E-state index is 0.103. The SMILES string of the molecule is O=C1NC(=O)c2c1cccc2N1C(=O)CCC1=O. The average Bonchev–Trinajstić information content (AvgIpc) is 2.81. The van der Waals surface area contributed by atoms with E-state index in [4.69, 9.17) is 0 Å². The normalized spacial score (nSPS) is 18.3. The Bertz CT molecular complexity index is 605. The number of fused-ring (bicyclic) bond motifs is 1. The number of amides is 4. The van der Waals surface area contributed by atoms with Crippen LogP contribution in [0.4, 0.5) is 5.69 Å². The molecule has 18 heavy (non-hydrogen) atoms. The third-order valence-corrected chi connectivity index (χ3v) is 3.03. The molecule has 0 atom stereocenters. The molecular weight excluding hydrogens is 236 g/mol. The second-order valence-electron chi connectivity index (χ2n) is 4.11. The molecule has 0 bridgehead atoms. The number of anilines is 1. The van der Waals surface area contributed by atoms with E-state index in [0.29, 0.717) is 0 Å². The zero-order chi connectivity index (χ0) is 12.9. The van der Waals surface area contributed by atoms with Gasteiger partial charge in [0, 0.05) is 12.8 Å². The van der Waals surface area contributed by atoms with Crippen molar-refractivity contribution in [1.29, 1.82) is 0 Å². The number of nitrogens with zero attached hydrogens (tertiary/aromatic N) is 1. The van der Waals surface area contributed by atoms with Crippen molar-refractivity contribution < 1.29 is 19.2 Å². The molecule has 1 aromatic rings. The first-order valence-corrected chi connectivity index (χ1v) is 5.44. The number of hydrogen-bond acceptors (Lipinski definition) is 4. The minimum Gasteiger partial charge on any atom is -0.288 e. The molecule has 0 aliphatic carbocycles. The van der Waals surface area contributed by atoms with Crippen LogP contribution in [0.25, 0.3) is 0 Å². The highest BCUT2D eigenvalue weighted by Gasteiger charge is 2.37. The van der Waals surface area contributed by atoms with E-state index in [-0.39, 0.29) is 41.5 Å². The van der Waals surface area contributed by atoms with Crippen molar-refractivity contribution in [3.8, 4) is 0 Å². The quantitative estimate of drug-likeness (QED) is 0.716. The lowest BCUT2D eigenvalue weighted by atomic mass is 10.1. The van der Waals surface area contributed by atoms with Gasteiger partial charge in [0.2, 0.25) is 11.8 Å². The van der Waals surface area contributed by atoms with Gasteiger partial charge >= 0.3 is 0 Å². The first-order valence-electron chi connectivity index (χ1n) is 5.44. The number of imide groups is 2. The van der Waals surface area contributed by atoms with E-state index in [1.165, 1.54) is 12.1 Å². The van der Waals surface area contributed by atoms with Gasteiger partial charge in [-0.2, -0.15) is 0 Å². The average molecular weight is 244 g/mol. The van der Waals surface area contributed by atoms with Crippen molar-refractivity contribution in [3.05, 3.63) is 29.3 Å². The van der Waals surface area contributed by atoms with Gasteiger partial charge in [0.15, 0.2) is 0 Å². The molecule has 1 N–H and O–H groups in total. The van der Waals surface area contributed by atoms with Crippen LogP contribution in [-0.4, -0.2) is 23.6 Å². The van der Waals surface area contributed by atoms with Crippen LogP contribution < -0.4 is 10.2 Å². The maximum Gasteiger partial charge on any atom is 0.261 e. The summed E-state index contributed by atoms with van der Waals surface area (Å²) in [7, 11) is 0. The number of benzene rings is 1. The monoisotopic (exact) mass is 244 g/mol. The van der Waals surface area contributed by atoms with Crippen LogP contribution in [0.15, 0.2) is 18.2 Å². The van der Waals surface area contributed by atoms with E-state index < -0.39 is 11.8 Å². The molecule has 4 amide bonds. The lowest BCUT2D eigenvalue weighted by Crippen LogP contribution is -2.30. The van der Waals surface area contributed by atoms with Crippen LogP contribution in [-0.2, 0) is 9.59 Å². The van der Waals surface area contributed by atoms with E-state index in [2.05, 4.69) is 5.32 Å². The Morgan fingerprint density at radius 3 is 2.28 bits per heavy atom. The summed E-state index contributed by atoms with van der Waals surface area (Å²) in [6.07, 6.45) is 0.274. The summed E-state index contributed by atoms with van der Waals surface area (Å²) in [6.45, 7) is 0. The van der Waals surface area contributed by atoms with Crippen LogP contribution in [0.2, 0.25) is 0 Å². The van der Waals surface area contributed by atoms with Crippen LogP contribution >= 0.6 is 0 Å². The number of nitrogens with one attached hydrogen (secondary N) is 1. The van der Waals surface area contributed by atoms with Crippen molar-refractivity contribution >= 4 is 29.3 Å². The molecule has 3 rings (SSSR count). The van der Waals surface area contributed by atoms with E-state index in [1.54, 1.807) is 6.07 Å². The first kappa shape index (κ1) is 10.6. The summed E-state index contributed by atoms with van der Waals surface area (Å²) < 4.78 is 0. The van der Waals surface area contributed by atoms with E-state index in [1.807, 2.05) is 0 Å². The standard InChI is InChI=1S/C12H8N2O4/c15-8-4-5-9(16)14(8)7-3-1-2-6-10(7)12(18)13-11(6)17/h1-3H,4-5H2,(H,13,17,18). The van der Waals surface area contributed by atoms with Gasteiger partial charge in [-0.05, 0) is 12.1 Å². The fourth-order valence-corrected chi connectivity index (χ4v) is 2.23. The molecule has 0 saturated carbocycles. The second-order valence-corrected chi connectivity index (χ2v) is 4.11. The Kier molecular flexibility index (Phi) is 2.07. The van der Waals surface area contributed by atoms with Crippen LogP contribution in [0.1, 0.15) is 33.6 Å². The van der Waals surface area contributed by atoms with E-state index in [9.17, 15) is 19.2 Å². The molecule has 0 spiro atoms. The van der Waals surface area contributed by atoms with Crippen molar-refractivity contribution in [1.82, 2.24) is 5.32 Å². The maximum absolute atomic E-state index is 11.7. The lowest BCUT2D eigenvalue weighted by Gasteiger charge is -2.15. The summed E-state index contributed by atoms with van der Waals surface area (Å²) >= 11 is 0. The summed E-state index contributed by atoms with van der Waals surface area (Å²) in [4.78, 5) is 47.5. The first-order chi connectivity index (χ1) is 8.59. The second kappa shape index (κ2) is 3.49. The van der Waals surface area contributed by atoms with Crippen LogP contribution in [0.3, 0.4) is 0 Å². The largest absolute Gasteiger partial charge is 0.288 e. The molecule has 1 saturated heterocycles. The Morgan fingerprint density at radius 1 is 0.944 bits per heavy atom. The topological polar surface area (TPSA) is 83.6 Å². The smallest absolute Gasteiger partial charge is 0.261 e. The fourth-order valence-electron chi connectivity index (χ4n) is 2.23. The molecule has 1 fully saturated rings. The highest BCUT2D eigenvalue weighted by Crippen LogP contribution is 2.30. The minimum atomic E-state index is -0.571. The van der Waals surface area contributed by atoms with Crippen molar-refractivity contribution in [2.75, 3.05) is 4.90 Å². The summed E-state index contributed by atoms with van der Waals surface area (Å²) in [5.41, 5.74) is 0.499. The maximum atomic E-state index is 11.7. The molecule has 90 valence electrons.